The number of thiazole rings is 1. The molecule has 0 aliphatic carbocycles. The number of rotatable bonds is 5. The van der Waals surface area contributed by atoms with Crippen molar-refractivity contribution < 1.29 is 4.79 Å². The maximum Gasteiger partial charge on any atom is 0.261 e. The van der Waals surface area contributed by atoms with Crippen molar-refractivity contribution in [2.45, 2.75) is 26.8 Å². The number of aryl methyl sites for hydroxylation is 2. The van der Waals surface area contributed by atoms with Crippen LogP contribution in [0.3, 0.4) is 0 Å². The second-order valence-electron chi connectivity index (χ2n) is 6.83. The topological polar surface area (TPSA) is 69.3 Å². The number of amides is 1. The quantitative estimate of drug-likeness (QED) is 0.886. The summed E-state index contributed by atoms with van der Waals surface area (Å²) >= 11 is 1.69. The van der Waals surface area contributed by atoms with Crippen molar-refractivity contribution >= 4 is 17.2 Å². The minimum absolute atomic E-state index is 0.150. The fourth-order valence-corrected chi connectivity index (χ4v) is 4.25. The summed E-state index contributed by atoms with van der Waals surface area (Å²) in [5.74, 6) is 0.285. The molecule has 0 bridgehead atoms. The highest BCUT2D eigenvalue weighted by molar-refractivity contribution is 7.09. The molecule has 134 valence electrons. The molecule has 3 heterocycles. The van der Waals surface area contributed by atoms with Crippen molar-refractivity contribution in [3.8, 4) is 0 Å². The van der Waals surface area contributed by atoms with Gasteiger partial charge in [0, 0.05) is 37.3 Å². The van der Waals surface area contributed by atoms with E-state index < -0.39 is 0 Å². The highest BCUT2D eigenvalue weighted by Crippen LogP contribution is 2.21. The normalized spacial score (nSPS) is 17.4. The Bertz CT molecular complexity index is 813. The van der Waals surface area contributed by atoms with Crippen LogP contribution in [0.1, 0.15) is 32.9 Å². The van der Waals surface area contributed by atoms with Gasteiger partial charge in [-0.1, -0.05) is 0 Å². The van der Waals surface area contributed by atoms with Crippen LogP contribution in [0, 0.1) is 19.8 Å². The molecule has 0 spiro atoms. The lowest BCUT2D eigenvalue weighted by atomic mass is 10.1. The monoisotopic (exact) mass is 360 g/mol. The van der Waals surface area contributed by atoms with Crippen molar-refractivity contribution in [2.24, 2.45) is 5.92 Å². The zero-order valence-corrected chi connectivity index (χ0v) is 15.7. The van der Waals surface area contributed by atoms with E-state index in [0.717, 1.165) is 30.8 Å². The van der Waals surface area contributed by atoms with Crippen molar-refractivity contribution in [3.63, 3.8) is 0 Å². The Labute approximate surface area is 151 Å². The van der Waals surface area contributed by atoms with Crippen LogP contribution in [0.15, 0.2) is 22.6 Å². The molecule has 1 fully saturated rings. The smallest absolute Gasteiger partial charge is 0.261 e. The van der Waals surface area contributed by atoms with Crippen LogP contribution in [0.2, 0.25) is 0 Å². The number of hydrogen-bond acceptors (Lipinski definition) is 5. The number of pyridine rings is 1. The van der Waals surface area contributed by atoms with Crippen LogP contribution in [0.5, 0.6) is 0 Å². The van der Waals surface area contributed by atoms with Crippen LogP contribution in [0.4, 0.5) is 0 Å². The van der Waals surface area contributed by atoms with E-state index in [0.29, 0.717) is 19.0 Å². The Morgan fingerprint density at radius 1 is 1.48 bits per heavy atom. The molecule has 0 saturated carbocycles. The molecule has 2 aromatic rings. The molecule has 0 aromatic carbocycles. The second-order valence-corrected chi connectivity index (χ2v) is 7.77. The SMILES string of the molecule is Cc1cc[nH]c(=O)c1C(=O)N1CC[C@@H](CN(C)Cc2scnc2C)C1. The van der Waals surface area contributed by atoms with E-state index in [1.165, 1.54) is 4.88 Å². The molecule has 1 N–H and O–H groups in total. The first-order chi connectivity index (χ1) is 12.0. The average Bonchev–Trinajstić information content (AvgIpc) is 3.17. The molecule has 6 nitrogen and oxygen atoms in total. The molecule has 7 heteroatoms. The highest BCUT2D eigenvalue weighted by atomic mass is 32.1. The van der Waals surface area contributed by atoms with Crippen LogP contribution in [-0.2, 0) is 6.54 Å². The van der Waals surface area contributed by atoms with Crippen molar-refractivity contribution in [1.82, 2.24) is 19.8 Å². The van der Waals surface area contributed by atoms with E-state index in [1.807, 2.05) is 17.3 Å². The predicted molar refractivity (Wildman–Crippen MR) is 99.0 cm³/mol. The summed E-state index contributed by atoms with van der Waals surface area (Å²) in [7, 11) is 2.11. The number of hydrogen-bond donors (Lipinski definition) is 1. The van der Waals surface area contributed by atoms with Gasteiger partial charge in [-0.15, -0.1) is 11.3 Å². The summed E-state index contributed by atoms with van der Waals surface area (Å²) in [5.41, 5.74) is 3.69. The number of aromatic amines is 1. The van der Waals surface area contributed by atoms with Gasteiger partial charge in [-0.3, -0.25) is 9.59 Å². The zero-order chi connectivity index (χ0) is 18.0. The molecule has 3 rings (SSSR count). The van der Waals surface area contributed by atoms with Gasteiger partial charge in [0.25, 0.3) is 11.5 Å². The summed E-state index contributed by atoms with van der Waals surface area (Å²) in [5, 5.41) is 0. The predicted octanol–water partition coefficient (Wildman–Crippen LogP) is 2.04. The molecule has 1 saturated heterocycles. The third kappa shape index (κ3) is 3.99. The number of nitrogens with zero attached hydrogens (tertiary/aromatic N) is 3. The van der Waals surface area contributed by atoms with Gasteiger partial charge in [-0.05, 0) is 44.9 Å². The zero-order valence-electron chi connectivity index (χ0n) is 14.9. The first-order valence-corrected chi connectivity index (χ1v) is 9.38. The van der Waals surface area contributed by atoms with Crippen molar-refractivity contribution in [1.29, 1.82) is 0 Å². The molecule has 1 amide bonds. The molecule has 25 heavy (non-hydrogen) atoms. The summed E-state index contributed by atoms with van der Waals surface area (Å²) in [6, 6.07) is 1.77. The van der Waals surface area contributed by atoms with Gasteiger partial charge in [-0.25, -0.2) is 4.98 Å². The molecule has 0 unspecified atom stereocenters. The molecule has 2 aromatic heterocycles. The Hall–Kier alpha value is -1.99. The Kier molecular flexibility index (Phi) is 5.34. The standard InChI is InChI=1S/C18H24N4O2S/c1-12-4-6-19-17(23)16(12)18(24)22-7-5-14(9-22)8-21(3)10-15-13(2)20-11-25-15/h4,6,11,14H,5,7-10H2,1-3H3,(H,19,23)/t14-/m0/s1. The van der Waals surface area contributed by atoms with E-state index in [9.17, 15) is 9.59 Å². The van der Waals surface area contributed by atoms with Gasteiger partial charge in [0.2, 0.25) is 0 Å². The van der Waals surface area contributed by atoms with E-state index in [-0.39, 0.29) is 17.0 Å². The fraction of sp³-hybridized carbons (Fsp3) is 0.500. The van der Waals surface area contributed by atoms with Gasteiger partial charge in [0.1, 0.15) is 5.56 Å². The summed E-state index contributed by atoms with van der Waals surface area (Å²) in [6.45, 7) is 7.09. The van der Waals surface area contributed by atoms with Crippen LogP contribution >= 0.6 is 11.3 Å². The van der Waals surface area contributed by atoms with Gasteiger partial charge >= 0.3 is 0 Å². The largest absolute Gasteiger partial charge is 0.338 e. The molecule has 1 aliphatic heterocycles. The third-order valence-electron chi connectivity index (χ3n) is 4.78. The molecular weight excluding hydrogens is 336 g/mol. The molecular formula is C18H24N4O2S. The van der Waals surface area contributed by atoms with Crippen molar-refractivity contribution in [2.75, 3.05) is 26.7 Å². The van der Waals surface area contributed by atoms with E-state index in [1.54, 1.807) is 30.5 Å². The van der Waals surface area contributed by atoms with Crippen molar-refractivity contribution in [3.05, 3.63) is 49.8 Å². The Morgan fingerprint density at radius 3 is 2.96 bits per heavy atom. The first-order valence-electron chi connectivity index (χ1n) is 8.50. The minimum atomic E-state index is -0.300. The van der Waals surface area contributed by atoms with Gasteiger partial charge in [-0.2, -0.15) is 0 Å². The first kappa shape index (κ1) is 17.8. The number of carbonyl (C=O) groups is 1. The number of aromatic nitrogens is 2. The third-order valence-corrected chi connectivity index (χ3v) is 5.70. The van der Waals surface area contributed by atoms with E-state index >= 15 is 0 Å². The second kappa shape index (κ2) is 7.49. The molecule has 0 radical (unpaired) electrons. The highest BCUT2D eigenvalue weighted by Gasteiger charge is 2.29. The lowest BCUT2D eigenvalue weighted by molar-refractivity contribution is 0.0781. The van der Waals surface area contributed by atoms with Gasteiger partial charge in [0.15, 0.2) is 0 Å². The number of carbonyl (C=O) groups excluding carboxylic acids is 1. The summed E-state index contributed by atoms with van der Waals surface area (Å²) in [6.07, 6.45) is 2.55. The lowest BCUT2D eigenvalue weighted by Gasteiger charge is -2.21. The van der Waals surface area contributed by atoms with E-state index in [2.05, 4.69) is 21.9 Å². The molecule has 1 atom stereocenters. The van der Waals surface area contributed by atoms with Gasteiger partial charge in [0.05, 0.1) is 11.2 Å². The van der Waals surface area contributed by atoms with Crippen LogP contribution in [0.25, 0.3) is 0 Å². The Balaban J connectivity index is 1.59. The van der Waals surface area contributed by atoms with Gasteiger partial charge < -0.3 is 14.8 Å². The van der Waals surface area contributed by atoms with E-state index in [4.69, 9.17) is 0 Å². The maximum atomic E-state index is 12.7. The lowest BCUT2D eigenvalue weighted by Crippen LogP contribution is -2.35. The Morgan fingerprint density at radius 2 is 2.28 bits per heavy atom. The summed E-state index contributed by atoms with van der Waals surface area (Å²) < 4.78 is 0. The molecule has 1 aliphatic rings. The average molecular weight is 360 g/mol. The van der Waals surface area contributed by atoms with Crippen LogP contribution in [-0.4, -0.2) is 52.4 Å². The fourth-order valence-electron chi connectivity index (χ4n) is 3.40. The number of likely N-dealkylation sites (tertiary alicyclic amines) is 1. The summed E-state index contributed by atoms with van der Waals surface area (Å²) in [4.78, 5) is 37.0. The number of H-pyrrole nitrogens is 1. The number of nitrogens with one attached hydrogen (secondary N) is 1. The minimum Gasteiger partial charge on any atom is -0.338 e. The maximum absolute atomic E-state index is 12.7. The van der Waals surface area contributed by atoms with Crippen LogP contribution < -0.4 is 5.56 Å².